The van der Waals surface area contributed by atoms with Crippen LogP contribution in [0, 0.1) is 6.92 Å². The zero-order chi connectivity index (χ0) is 12.8. The molecule has 1 saturated heterocycles. The number of hydrogen-bond acceptors (Lipinski definition) is 2. The van der Waals surface area contributed by atoms with E-state index in [2.05, 4.69) is 27.1 Å². The van der Waals surface area contributed by atoms with Crippen molar-refractivity contribution in [3.63, 3.8) is 0 Å². The van der Waals surface area contributed by atoms with Gasteiger partial charge in [-0.15, -0.1) is 0 Å². The molecular weight excluding hydrogens is 224 g/mol. The van der Waals surface area contributed by atoms with E-state index >= 15 is 0 Å². The van der Waals surface area contributed by atoms with Gasteiger partial charge in [-0.05, 0) is 38.8 Å². The molecule has 2 heterocycles. The zero-order valence-corrected chi connectivity index (χ0v) is 11.3. The molecule has 0 aromatic carbocycles. The molecule has 1 fully saturated rings. The minimum atomic E-state index is 0.653. The summed E-state index contributed by atoms with van der Waals surface area (Å²) in [5.74, 6) is 1.03. The van der Waals surface area contributed by atoms with Crippen LogP contribution < -0.4 is 5.32 Å². The van der Waals surface area contributed by atoms with Gasteiger partial charge in [0.15, 0.2) is 5.96 Å². The van der Waals surface area contributed by atoms with Crippen LogP contribution >= 0.6 is 0 Å². The van der Waals surface area contributed by atoms with E-state index in [9.17, 15) is 0 Å². The van der Waals surface area contributed by atoms with Crippen LogP contribution in [0.2, 0.25) is 0 Å². The standard InChI is InChI=1S/C14H22N4/c1-3-15-14(18-9-4-5-10-18)16-11-13-8-6-7-12(2)17-13/h6-8H,3-5,9-11H2,1-2H3,(H,15,16). The summed E-state index contributed by atoms with van der Waals surface area (Å²) in [7, 11) is 0. The number of likely N-dealkylation sites (tertiary alicyclic amines) is 1. The number of guanidine groups is 1. The normalized spacial score (nSPS) is 16.1. The Labute approximate surface area is 109 Å². The fourth-order valence-electron chi connectivity index (χ4n) is 2.20. The summed E-state index contributed by atoms with van der Waals surface area (Å²) < 4.78 is 0. The summed E-state index contributed by atoms with van der Waals surface area (Å²) >= 11 is 0. The van der Waals surface area contributed by atoms with Crippen molar-refractivity contribution in [3.05, 3.63) is 29.6 Å². The van der Waals surface area contributed by atoms with Crippen LogP contribution in [-0.2, 0) is 6.54 Å². The topological polar surface area (TPSA) is 40.5 Å². The van der Waals surface area contributed by atoms with Gasteiger partial charge in [0, 0.05) is 25.3 Å². The first kappa shape index (κ1) is 12.9. The van der Waals surface area contributed by atoms with Gasteiger partial charge in [0.25, 0.3) is 0 Å². The van der Waals surface area contributed by atoms with Crippen LogP contribution in [0.25, 0.3) is 0 Å². The third kappa shape index (κ3) is 3.45. The SMILES string of the molecule is CCNC(=NCc1cccc(C)n1)N1CCCC1. The van der Waals surface area contributed by atoms with Crippen LogP contribution in [0.1, 0.15) is 31.2 Å². The van der Waals surface area contributed by atoms with E-state index in [0.29, 0.717) is 6.54 Å². The molecule has 0 saturated carbocycles. The number of nitrogens with zero attached hydrogens (tertiary/aromatic N) is 3. The molecule has 0 aliphatic carbocycles. The third-order valence-electron chi connectivity index (χ3n) is 3.08. The minimum Gasteiger partial charge on any atom is -0.357 e. The highest BCUT2D eigenvalue weighted by atomic mass is 15.3. The first-order valence-corrected chi connectivity index (χ1v) is 6.75. The van der Waals surface area contributed by atoms with E-state index in [1.165, 1.54) is 12.8 Å². The van der Waals surface area contributed by atoms with Crippen molar-refractivity contribution in [1.82, 2.24) is 15.2 Å². The Bertz CT molecular complexity index is 408. The van der Waals surface area contributed by atoms with E-state index in [1.54, 1.807) is 0 Å². The van der Waals surface area contributed by atoms with Crippen molar-refractivity contribution in [3.8, 4) is 0 Å². The predicted molar refractivity (Wildman–Crippen MR) is 74.6 cm³/mol. The highest BCUT2D eigenvalue weighted by molar-refractivity contribution is 5.80. The lowest BCUT2D eigenvalue weighted by molar-refractivity contribution is 0.493. The van der Waals surface area contributed by atoms with E-state index in [-0.39, 0.29) is 0 Å². The maximum atomic E-state index is 4.68. The number of rotatable bonds is 3. The van der Waals surface area contributed by atoms with Gasteiger partial charge in [-0.1, -0.05) is 6.07 Å². The lowest BCUT2D eigenvalue weighted by atomic mass is 10.3. The molecule has 1 aromatic heterocycles. The summed E-state index contributed by atoms with van der Waals surface area (Å²) in [5, 5.41) is 3.36. The van der Waals surface area contributed by atoms with E-state index in [4.69, 9.17) is 0 Å². The summed E-state index contributed by atoms with van der Waals surface area (Å²) in [5.41, 5.74) is 2.08. The van der Waals surface area contributed by atoms with Gasteiger partial charge in [0.2, 0.25) is 0 Å². The molecule has 2 rings (SSSR count). The van der Waals surface area contributed by atoms with Gasteiger partial charge in [0.05, 0.1) is 12.2 Å². The van der Waals surface area contributed by atoms with Crippen molar-refractivity contribution in [2.24, 2.45) is 4.99 Å². The van der Waals surface area contributed by atoms with Crippen LogP contribution in [0.4, 0.5) is 0 Å². The quantitative estimate of drug-likeness (QED) is 0.654. The Morgan fingerprint density at radius 2 is 2.17 bits per heavy atom. The van der Waals surface area contributed by atoms with E-state index in [1.807, 2.05) is 25.1 Å². The monoisotopic (exact) mass is 246 g/mol. The molecule has 1 aliphatic heterocycles. The second kappa shape index (κ2) is 6.38. The molecule has 0 bridgehead atoms. The van der Waals surface area contributed by atoms with Crippen LogP contribution in [-0.4, -0.2) is 35.5 Å². The lowest BCUT2D eigenvalue weighted by Crippen LogP contribution is -2.39. The Balaban J connectivity index is 2.03. The summed E-state index contributed by atoms with van der Waals surface area (Å²) in [6.07, 6.45) is 2.54. The van der Waals surface area contributed by atoms with Gasteiger partial charge in [0.1, 0.15) is 0 Å². The molecule has 1 aromatic rings. The maximum Gasteiger partial charge on any atom is 0.194 e. The largest absolute Gasteiger partial charge is 0.357 e. The number of nitrogens with one attached hydrogen (secondary N) is 1. The van der Waals surface area contributed by atoms with Crippen molar-refractivity contribution in [2.75, 3.05) is 19.6 Å². The number of pyridine rings is 1. The molecule has 0 radical (unpaired) electrons. The first-order valence-electron chi connectivity index (χ1n) is 6.75. The van der Waals surface area contributed by atoms with E-state index < -0.39 is 0 Å². The van der Waals surface area contributed by atoms with Crippen molar-refractivity contribution in [1.29, 1.82) is 0 Å². The molecule has 1 aliphatic rings. The molecule has 0 spiro atoms. The van der Waals surface area contributed by atoms with Gasteiger partial charge in [-0.2, -0.15) is 0 Å². The molecule has 0 atom stereocenters. The Morgan fingerprint density at radius 3 is 2.83 bits per heavy atom. The fourth-order valence-corrected chi connectivity index (χ4v) is 2.20. The van der Waals surface area contributed by atoms with Crippen LogP contribution in [0.15, 0.2) is 23.2 Å². The van der Waals surface area contributed by atoms with Gasteiger partial charge in [-0.3, -0.25) is 4.98 Å². The molecule has 4 heteroatoms. The van der Waals surface area contributed by atoms with Crippen LogP contribution in [0.5, 0.6) is 0 Å². The molecule has 0 amide bonds. The number of hydrogen-bond donors (Lipinski definition) is 1. The predicted octanol–water partition coefficient (Wildman–Crippen LogP) is 1.95. The molecular formula is C14H22N4. The Hall–Kier alpha value is -1.58. The smallest absolute Gasteiger partial charge is 0.194 e. The molecule has 1 N–H and O–H groups in total. The zero-order valence-electron chi connectivity index (χ0n) is 11.3. The van der Waals surface area contributed by atoms with Crippen molar-refractivity contribution >= 4 is 5.96 Å². The second-order valence-electron chi connectivity index (χ2n) is 4.63. The molecule has 98 valence electrons. The number of aryl methyl sites for hydroxylation is 1. The number of aliphatic imine (C=N–C) groups is 1. The van der Waals surface area contributed by atoms with Gasteiger partial charge >= 0.3 is 0 Å². The van der Waals surface area contributed by atoms with Crippen molar-refractivity contribution in [2.45, 2.75) is 33.2 Å². The summed E-state index contributed by atoms with van der Waals surface area (Å²) in [4.78, 5) is 11.5. The maximum absolute atomic E-state index is 4.68. The summed E-state index contributed by atoms with van der Waals surface area (Å²) in [6, 6.07) is 6.08. The van der Waals surface area contributed by atoms with Crippen molar-refractivity contribution < 1.29 is 0 Å². The molecule has 18 heavy (non-hydrogen) atoms. The van der Waals surface area contributed by atoms with E-state index in [0.717, 1.165) is 37.0 Å². The average Bonchev–Trinajstić information content (AvgIpc) is 2.88. The highest BCUT2D eigenvalue weighted by Crippen LogP contribution is 2.08. The third-order valence-corrected chi connectivity index (χ3v) is 3.08. The van der Waals surface area contributed by atoms with Gasteiger partial charge < -0.3 is 10.2 Å². The Morgan fingerprint density at radius 1 is 1.39 bits per heavy atom. The molecule has 4 nitrogen and oxygen atoms in total. The molecule has 0 unspecified atom stereocenters. The Kier molecular flexibility index (Phi) is 4.56. The number of aromatic nitrogens is 1. The summed E-state index contributed by atoms with van der Waals surface area (Å²) in [6.45, 7) is 7.92. The highest BCUT2D eigenvalue weighted by Gasteiger charge is 2.15. The second-order valence-corrected chi connectivity index (χ2v) is 4.63. The average molecular weight is 246 g/mol. The fraction of sp³-hybridized carbons (Fsp3) is 0.571. The first-order chi connectivity index (χ1) is 8.79. The lowest BCUT2D eigenvalue weighted by Gasteiger charge is -2.20. The van der Waals surface area contributed by atoms with Gasteiger partial charge in [-0.25, -0.2) is 4.99 Å². The minimum absolute atomic E-state index is 0.653. The van der Waals surface area contributed by atoms with Crippen LogP contribution in [0.3, 0.4) is 0 Å².